The van der Waals surface area contributed by atoms with E-state index in [-0.39, 0.29) is 0 Å². The van der Waals surface area contributed by atoms with Crippen molar-refractivity contribution in [3.63, 3.8) is 0 Å². The smallest absolute Gasteiger partial charge is 0.315 e. The predicted molar refractivity (Wildman–Crippen MR) is 137 cm³/mol. The molecule has 0 spiro atoms. The van der Waals surface area contributed by atoms with Crippen molar-refractivity contribution >= 4 is 17.6 Å². The van der Waals surface area contributed by atoms with Crippen molar-refractivity contribution in [3.05, 3.63) is 132 Å². The number of carboxylic acids is 1. The Morgan fingerprint density at radius 2 is 1.22 bits per heavy atom. The van der Waals surface area contributed by atoms with Crippen LogP contribution in [0.2, 0.25) is 0 Å². The molecule has 1 saturated carbocycles. The van der Waals surface area contributed by atoms with E-state index in [1.807, 2.05) is 84.9 Å². The van der Waals surface area contributed by atoms with Crippen LogP contribution in [-0.2, 0) is 9.59 Å². The first-order chi connectivity index (χ1) is 17.6. The molecule has 5 rings (SSSR count). The second kappa shape index (κ2) is 9.89. The highest BCUT2D eigenvalue weighted by Crippen LogP contribution is 2.58. The zero-order chi connectivity index (χ0) is 25.1. The normalized spacial score (nSPS) is 20.5. The van der Waals surface area contributed by atoms with Gasteiger partial charge in [-0.15, -0.1) is 0 Å². The van der Waals surface area contributed by atoms with Crippen molar-refractivity contribution in [1.29, 1.82) is 0 Å². The van der Waals surface area contributed by atoms with E-state index in [1.54, 1.807) is 24.3 Å². The summed E-state index contributed by atoms with van der Waals surface area (Å²) in [5, 5.41) is 10.1. The Bertz CT molecular complexity index is 1380. The Hall–Kier alpha value is -4.69. The molecule has 4 aromatic carbocycles. The highest BCUT2D eigenvalue weighted by molar-refractivity contribution is 5.87. The summed E-state index contributed by atoms with van der Waals surface area (Å²) >= 11 is 0. The Balaban J connectivity index is 1.52. The third kappa shape index (κ3) is 4.25. The number of para-hydroxylation sites is 1. The second-order valence-corrected chi connectivity index (χ2v) is 8.84. The van der Waals surface area contributed by atoms with Crippen LogP contribution in [0.4, 0.5) is 5.69 Å². The van der Waals surface area contributed by atoms with E-state index in [9.17, 15) is 14.7 Å². The van der Waals surface area contributed by atoms with Crippen LogP contribution in [0.3, 0.4) is 0 Å². The van der Waals surface area contributed by atoms with E-state index in [1.165, 1.54) is 0 Å². The number of nitrogens with zero attached hydrogens (tertiary/aromatic N) is 1. The maximum Gasteiger partial charge on any atom is 0.315 e. The molecule has 1 aliphatic carbocycles. The van der Waals surface area contributed by atoms with E-state index in [0.717, 1.165) is 22.3 Å². The van der Waals surface area contributed by atoms with E-state index in [4.69, 9.17) is 11.3 Å². The average Bonchev–Trinajstić information content (AvgIpc) is 2.89. The van der Waals surface area contributed by atoms with Crippen molar-refractivity contribution in [2.24, 2.45) is 11.8 Å². The third-order valence-electron chi connectivity index (χ3n) is 6.88. The number of carbonyl (C=O) groups is 2. The molecule has 0 amide bonds. The molecule has 0 unspecified atom stereocenters. The van der Waals surface area contributed by atoms with Crippen LogP contribution in [0.1, 0.15) is 23.0 Å². The minimum Gasteiger partial charge on any atom is -0.481 e. The summed E-state index contributed by atoms with van der Waals surface area (Å²) < 4.78 is 6.00. The summed E-state index contributed by atoms with van der Waals surface area (Å²) in [6, 6.07) is 33.0. The predicted octanol–water partition coefficient (Wildman–Crippen LogP) is 6.71. The van der Waals surface area contributed by atoms with Gasteiger partial charge in [0.15, 0.2) is 5.69 Å². The van der Waals surface area contributed by atoms with Gasteiger partial charge in [-0.1, -0.05) is 103 Å². The van der Waals surface area contributed by atoms with Crippen LogP contribution in [0, 0.1) is 18.4 Å². The van der Waals surface area contributed by atoms with Crippen molar-refractivity contribution in [1.82, 2.24) is 0 Å². The lowest BCUT2D eigenvalue weighted by Gasteiger charge is -2.49. The molecular weight excluding hydrogens is 450 g/mol. The van der Waals surface area contributed by atoms with Crippen molar-refractivity contribution in [2.45, 2.75) is 11.8 Å². The molecule has 176 valence electrons. The van der Waals surface area contributed by atoms with Gasteiger partial charge >= 0.3 is 11.9 Å². The van der Waals surface area contributed by atoms with Gasteiger partial charge in [0, 0.05) is 17.4 Å². The SMILES string of the molecule is [C-]#[N+]c1ccc(-c2ccccc2OC(=O)C2[C@@H](c3ccccc3)C(C(=O)O)[C@@H]2c2ccccc2)cc1. The zero-order valence-corrected chi connectivity index (χ0v) is 19.3. The Labute approximate surface area is 209 Å². The van der Waals surface area contributed by atoms with Gasteiger partial charge in [0.05, 0.1) is 18.4 Å². The number of carboxylic acid groups (broad SMARTS) is 1. The van der Waals surface area contributed by atoms with Crippen LogP contribution in [-0.4, -0.2) is 17.0 Å². The van der Waals surface area contributed by atoms with Gasteiger partial charge in [0.1, 0.15) is 5.75 Å². The minimum absolute atomic E-state index is 0.399. The topological polar surface area (TPSA) is 68.0 Å². The van der Waals surface area contributed by atoms with Crippen LogP contribution < -0.4 is 4.74 Å². The molecular formula is C31H23NO4. The molecule has 0 heterocycles. The number of ether oxygens (including phenoxy) is 1. The van der Waals surface area contributed by atoms with Crippen LogP contribution in [0.15, 0.2) is 109 Å². The first-order valence-electron chi connectivity index (χ1n) is 11.7. The molecule has 1 N–H and O–H groups in total. The molecule has 0 aromatic heterocycles. The molecule has 5 nitrogen and oxygen atoms in total. The van der Waals surface area contributed by atoms with Crippen molar-refractivity contribution in [3.8, 4) is 16.9 Å². The summed E-state index contributed by atoms with van der Waals surface area (Å²) in [5.41, 5.74) is 3.69. The van der Waals surface area contributed by atoms with Crippen LogP contribution in [0.5, 0.6) is 5.75 Å². The standard InChI is InChI=1S/C31H23NO4/c1-32-23-18-16-20(17-19-23)24-14-8-9-15-25(24)36-31(35)29-26(21-10-4-2-5-11-21)28(30(33)34)27(29)22-12-6-3-7-13-22/h2-19,26-29H,(H,33,34)/t26-,27-,28?,29?/m0/s1. The maximum absolute atomic E-state index is 13.8. The van der Waals surface area contributed by atoms with E-state index in [2.05, 4.69) is 4.85 Å². The fourth-order valence-electron chi connectivity index (χ4n) is 5.21. The van der Waals surface area contributed by atoms with Crippen molar-refractivity contribution < 1.29 is 19.4 Å². The van der Waals surface area contributed by atoms with Gasteiger partial charge in [-0.2, -0.15) is 0 Å². The first kappa shape index (κ1) is 23.1. The number of carbonyl (C=O) groups excluding carboxylic acids is 1. The summed E-state index contributed by atoms with van der Waals surface area (Å²) in [5.74, 6) is -3.41. The summed E-state index contributed by atoms with van der Waals surface area (Å²) in [6.07, 6.45) is 0. The molecule has 0 bridgehead atoms. The molecule has 0 radical (unpaired) electrons. The monoisotopic (exact) mass is 473 g/mol. The van der Waals surface area contributed by atoms with Crippen molar-refractivity contribution in [2.75, 3.05) is 0 Å². The number of hydrogen-bond donors (Lipinski definition) is 1. The average molecular weight is 474 g/mol. The molecule has 4 aromatic rings. The minimum atomic E-state index is -0.929. The molecule has 1 fully saturated rings. The maximum atomic E-state index is 13.8. The molecule has 36 heavy (non-hydrogen) atoms. The summed E-state index contributed by atoms with van der Waals surface area (Å²) in [6.45, 7) is 7.17. The van der Waals surface area contributed by atoms with Gasteiger partial charge in [-0.3, -0.25) is 9.59 Å². The fourth-order valence-corrected chi connectivity index (χ4v) is 5.21. The van der Waals surface area contributed by atoms with E-state index < -0.39 is 35.6 Å². The fraction of sp³-hybridized carbons (Fsp3) is 0.129. The lowest BCUT2D eigenvalue weighted by atomic mass is 9.52. The molecule has 0 saturated heterocycles. The van der Waals surface area contributed by atoms with E-state index >= 15 is 0 Å². The first-order valence-corrected chi connectivity index (χ1v) is 11.7. The van der Waals surface area contributed by atoms with E-state index in [0.29, 0.717) is 11.4 Å². The van der Waals surface area contributed by atoms with Crippen LogP contribution >= 0.6 is 0 Å². The van der Waals surface area contributed by atoms with Gasteiger partial charge < -0.3 is 9.84 Å². The van der Waals surface area contributed by atoms with Gasteiger partial charge in [-0.25, -0.2) is 4.85 Å². The summed E-state index contributed by atoms with van der Waals surface area (Å²) in [7, 11) is 0. The van der Waals surface area contributed by atoms with Crippen LogP contribution in [0.25, 0.3) is 16.0 Å². The third-order valence-corrected chi connectivity index (χ3v) is 6.88. The number of benzene rings is 4. The Kier molecular flexibility index (Phi) is 6.34. The van der Waals surface area contributed by atoms with Gasteiger partial charge in [-0.05, 0) is 22.8 Å². The second-order valence-electron chi connectivity index (χ2n) is 8.84. The number of aliphatic carboxylic acids is 1. The Morgan fingerprint density at radius 3 is 1.75 bits per heavy atom. The quantitative estimate of drug-likeness (QED) is 0.192. The van der Waals surface area contributed by atoms with Gasteiger partial charge in [0.25, 0.3) is 0 Å². The molecule has 0 aliphatic heterocycles. The number of rotatable bonds is 6. The van der Waals surface area contributed by atoms with Gasteiger partial charge in [0.2, 0.25) is 0 Å². The molecule has 5 heteroatoms. The highest BCUT2D eigenvalue weighted by Gasteiger charge is 2.59. The number of hydrogen-bond acceptors (Lipinski definition) is 3. The molecule has 2 atom stereocenters. The Morgan fingerprint density at radius 1 is 0.694 bits per heavy atom. The highest BCUT2D eigenvalue weighted by atomic mass is 16.5. The lowest BCUT2D eigenvalue weighted by molar-refractivity contribution is -0.158. The summed E-state index contributed by atoms with van der Waals surface area (Å²) in [4.78, 5) is 29.6. The number of esters is 1. The zero-order valence-electron chi connectivity index (χ0n) is 19.3. The lowest BCUT2D eigenvalue weighted by Crippen LogP contribution is -2.52. The largest absolute Gasteiger partial charge is 0.481 e. The molecule has 1 aliphatic rings.